The van der Waals surface area contributed by atoms with Crippen LogP contribution in [0.3, 0.4) is 0 Å². The van der Waals surface area contributed by atoms with Gasteiger partial charge in [0.2, 0.25) is 12.7 Å². The number of amides is 4. The molecule has 1 saturated heterocycles. The Kier molecular flexibility index (Phi) is 4.98. The number of hydrogen-bond acceptors (Lipinski definition) is 5. The fraction of sp³-hybridized carbons (Fsp3) is 0.150. The lowest BCUT2D eigenvalue weighted by atomic mass is 10.1. The maximum absolute atomic E-state index is 12.6. The second-order valence-corrected chi connectivity index (χ2v) is 7.37. The standard InChI is InChI=1S/C20H16BrN3O5/c1-11-2-4-13(5-3-11)22-18(25)9-24-19(26)15(23-20(24)27)6-12-7-16-17(8-14(12)21)29-10-28-16/h2-8H,9-10H2,1H3,(H,22,25)(H,23,27). The smallest absolute Gasteiger partial charge is 0.329 e. The minimum atomic E-state index is -0.655. The molecule has 2 aliphatic heterocycles. The molecule has 0 aromatic heterocycles. The van der Waals surface area contributed by atoms with E-state index in [-0.39, 0.29) is 12.5 Å². The summed E-state index contributed by atoms with van der Waals surface area (Å²) in [6.45, 7) is 1.67. The first-order valence-corrected chi connectivity index (χ1v) is 9.50. The zero-order valence-corrected chi connectivity index (χ0v) is 16.9. The topological polar surface area (TPSA) is 97.0 Å². The minimum Gasteiger partial charge on any atom is -0.454 e. The van der Waals surface area contributed by atoms with Gasteiger partial charge in [0.25, 0.3) is 5.91 Å². The molecule has 0 radical (unpaired) electrons. The summed E-state index contributed by atoms with van der Waals surface area (Å²) in [4.78, 5) is 37.9. The van der Waals surface area contributed by atoms with Crippen LogP contribution in [0.2, 0.25) is 0 Å². The molecule has 4 rings (SSSR count). The van der Waals surface area contributed by atoms with Crippen molar-refractivity contribution in [2.75, 3.05) is 18.7 Å². The predicted molar refractivity (Wildman–Crippen MR) is 108 cm³/mol. The average Bonchev–Trinajstić information content (AvgIpc) is 3.23. The van der Waals surface area contributed by atoms with Crippen LogP contribution in [-0.2, 0) is 9.59 Å². The van der Waals surface area contributed by atoms with Gasteiger partial charge in [0.1, 0.15) is 12.2 Å². The number of halogens is 1. The van der Waals surface area contributed by atoms with Crippen LogP contribution < -0.4 is 20.1 Å². The van der Waals surface area contributed by atoms with Gasteiger partial charge >= 0.3 is 6.03 Å². The van der Waals surface area contributed by atoms with Crippen molar-refractivity contribution in [2.24, 2.45) is 0 Å². The van der Waals surface area contributed by atoms with Crippen LogP contribution in [0.5, 0.6) is 11.5 Å². The quantitative estimate of drug-likeness (QED) is 0.543. The lowest BCUT2D eigenvalue weighted by Gasteiger charge is -2.12. The number of nitrogens with zero attached hydrogens (tertiary/aromatic N) is 1. The molecule has 2 aliphatic rings. The van der Waals surface area contributed by atoms with Gasteiger partial charge in [-0.15, -0.1) is 0 Å². The van der Waals surface area contributed by atoms with Crippen molar-refractivity contribution in [3.05, 3.63) is 57.7 Å². The van der Waals surface area contributed by atoms with Crippen LogP contribution in [-0.4, -0.2) is 36.1 Å². The molecule has 1 fully saturated rings. The first-order valence-electron chi connectivity index (χ1n) is 8.71. The Morgan fingerprint density at radius 3 is 2.62 bits per heavy atom. The maximum Gasteiger partial charge on any atom is 0.329 e. The van der Waals surface area contributed by atoms with E-state index in [4.69, 9.17) is 9.47 Å². The molecule has 4 amide bonds. The molecule has 0 aliphatic carbocycles. The Morgan fingerprint density at radius 2 is 1.90 bits per heavy atom. The van der Waals surface area contributed by atoms with Crippen LogP contribution in [0.1, 0.15) is 11.1 Å². The van der Waals surface area contributed by atoms with Gasteiger partial charge in [0.05, 0.1) is 0 Å². The molecule has 0 bridgehead atoms. The predicted octanol–water partition coefficient (Wildman–Crippen LogP) is 3.02. The second kappa shape index (κ2) is 7.59. The fourth-order valence-electron chi connectivity index (χ4n) is 2.90. The highest BCUT2D eigenvalue weighted by molar-refractivity contribution is 9.10. The highest BCUT2D eigenvalue weighted by Crippen LogP contribution is 2.37. The number of aryl methyl sites for hydroxylation is 1. The van der Waals surface area contributed by atoms with Crippen LogP contribution in [0.15, 0.2) is 46.6 Å². The van der Waals surface area contributed by atoms with Crippen LogP contribution >= 0.6 is 15.9 Å². The van der Waals surface area contributed by atoms with Crippen molar-refractivity contribution in [1.82, 2.24) is 10.2 Å². The molecule has 2 N–H and O–H groups in total. The maximum atomic E-state index is 12.6. The van der Waals surface area contributed by atoms with Gasteiger partial charge in [-0.05, 0) is 42.8 Å². The number of carbonyl (C=O) groups excluding carboxylic acids is 3. The number of ether oxygens (including phenoxy) is 2. The van der Waals surface area contributed by atoms with E-state index in [1.54, 1.807) is 24.3 Å². The van der Waals surface area contributed by atoms with Gasteiger partial charge in [0.15, 0.2) is 11.5 Å². The number of fused-ring (bicyclic) bond motifs is 1. The van der Waals surface area contributed by atoms with Crippen molar-refractivity contribution in [1.29, 1.82) is 0 Å². The lowest BCUT2D eigenvalue weighted by Crippen LogP contribution is -2.38. The van der Waals surface area contributed by atoms with Gasteiger partial charge in [-0.3, -0.25) is 9.59 Å². The summed E-state index contributed by atoms with van der Waals surface area (Å²) in [7, 11) is 0. The zero-order valence-electron chi connectivity index (χ0n) is 15.3. The van der Waals surface area contributed by atoms with Crippen LogP contribution in [0.4, 0.5) is 10.5 Å². The van der Waals surface area contributed by atoms with Gasteiger partial charge in [-0.1, -0.05) is 33.6 Å². The van der Waals surface area contributed by atoms with Gasteiger partial charge < -0.3 is 20.1 Å². The van der Waals surface area contributed by atoms with E-state index < -0.39 is 24.4 Å². The molecule has 2 heterocycles. The highest BCUT2D eigenvalue weighted by Gasteiger charge is 2.35. The third-order valence-electron chi connectivity index (χ3n) is 4.39. The van der Waals surface area contributed by atoms with Crippen molar-refractivity contribution in [2.45, 2.75) is 6.92 Å². The Morgan fingerprint density at radius 1 is 1.21 bits per heavy atom. The highest BCUT2D eigenvalue weighted by atomic mass is 79.9. The molecule has 2 aromatic carbocycles. The van der Waals surface area contributed by atoms with Crippen molar-refractivity contribution in [3.63, 3.8) is 0 Å². The third kappa shape index (κ3) is 3.95. The molecule has 9 heteroatoms. The average molecular weight is 458 g/mol. The monoisotopic (exact) mass is 457 g/mol. The van der Waals surface area contributed by atoms with E-state index in [9.17, 15) is 14.4 Å². The number of urea groups is 1. The van der Waals surface area contributed by atoms with Crippen LogP contribution in [0, 0.1) is 6.92 Å². The summed E-state index contributed by atoms with van der Waals surface area (Å²) in [6, 6.07) is 9.98. The zero-order chi connectivity index (χ0) is 20.5. The normalized spacial score (nSPS) is 16.3. The number of benzene rings is 2. The van der Waals surface area contributed by atoms with E-state index in [1.165, 1.54) is 6.08 Å². The van der Waals surface area contributed by atoms with Crippen molar-refractivity contribution in [3.8, 4) is 11.5 Å². The summed E-state index contributed by atoms with van der Waals surface area (Å²) in [5, 5.41) is 5.17. The van der Waals surface area contributed by atoms with Crippen molar-refractivity contribution < 1.29 is 23.9 Å². The molecule has 2 aromatic rings. The SMILES string of the molecule is Cc1ccc(NC(=O)CN2C(=O)NC(=Cc3cc4c(cc3Br)OCO4)C2=O)cc1. The fourth-order valence-corrected chi connectivity index (χ4v) is 3.33. The molecule has 8 nitrogen and oxygen atoms in total. The number of hydrogen-bond donors (Lipinski definition) is 2. The summed E-state index contributed by atoms with van der Waals surface area (Å²) in [5.41, 5.74) is 2.34. The van der Waals surface area contributed by atoms with Gasteiger partial charge in [0, 0.05) is 10.2 Å². The van der Waals surface area contributed by atoms with Crippen molar-refractivity contribution >= 4 is 45.5 Å². The Labute approximate surface area is 174 Å². The van der Waals surface area contributed by atoms with E-state index in [1.807, 2.05) is 19.1 Å². The summed E-state index contributed by atoms with van der Waals surface area (Å²) >= 11 is 3.41. The number of imide groups is 1. The molecule has 0 unspecified atom stereocenters. The minimum absolute atomic E-state index is 0.0673. The Hall–Kier alpha value is -3.33. The molecular formula is C20H16BrN3O5. The molecule has 0 atom stereocenters. The van der Waals surface area contributed by atoms with Gasteiger partial charge in [-0.2, -0.15) is 0 Å². The van der Waals surface area contributed by atoms with E-state index in [0.29, 0.717) is 27.2 Å². The molecular weight excluding hydrogens is 442 g/mol. The third-order valence-corrected chi connectivity index (χ3v) is 5.08. The van der Waals surface area contributed by atoms with Crippen LogP contribution in [0.25, 0.3) is 6.08 Å². The molecule has 29 heavy (non-hydrogen) atoms. The number of nitrogens with one attached hydrogen (secondary N) is 2. The second-order valence-electron chi connectivity index (χ2n) is 6.52. The largest absolute Gasteiger partial charge is 0.454 e. The first kappa shape index (κ1) is 19.0. The number of anilines is 1. The van der Waals surface area contributed by atoms with Gasteiger partial charge in [-0.25, -0.2) is 9.69 Å². The lowest BCUT2D eigenvalue weighted by molar-refractivity contribution is -0.127. The Bertz CT molecular complexity index is 1050. The number of rotatable bonds is 4. The summed E-state index contributed by atoms with van der Waals surface area (Å²) < 4.78 is 11.3. The molecule has 0 spiro atoms. The Balaban J connectivity index is 1.48. The summed E-state index contributed by atoms with van der Waals surface area (Å²) in [6.07, 6.45) is 1.52. The molecule has 148 valence electrons. The van der Waals surface area contributed by atoms with E-state index >= 15 is 0 Å². The van der Waals surface area contributed by atoms with E-state index in [0.717, 1.165) is 10.5 Å². The molecule has 0 saturated carbocycles. The number of carbonyl (C=O) groups is 3. The van der Waals surface area contributed by atoms with E-state index in [2.05, 4.69) is 26.6 Å². The summed E-state index contributed by atoms with van der Waals surface area (Å²) in [5.74, 6) is 0.0860. The first-order chi connectivity index (χ1) is 13.9.